The molecular weight excluding hydrogens is 462 g/mol. The fourth-order valence-corrected chi connectivity index (χ4v) is 4.02. The van der Waals surface area contributed by atoms with Crippen molar-refractivity contribution in [2.24, 2.45) is 4.99 Å². The van der Waals surface area contributed by atoms with E-state index in [2.05, 4.69) is 9.88 Å². The Bertz CT molecular complexity index is 1420. The van der Waals surface area contributed by atoms with E-state index in [0.29, 0.717) is 21.8 Å². The van der Waals surface area contributed by atoms with Gasteiger partial charge in [-0.25, -0.2) is 9.79 Å². The van der Waals surface area contributed by atoms with Crippen molar-refractivity contribution >= 4 is 45.9 Å². The molecule has 0 spiro atoms. The molecule has 0 fully saturated rings. The second-order valence-electron chi connectivity index (χ2n) is 8.39. The molecule has 1 heterocycles. The highest BCUT2D eigenvalue weighted by atomic mass is 35.5. The molecule has 0 aliphatic heterocycles. The lowest BCUT2D eigenvalue weighted by Gasteiger charge is -2.11. The van der Waals surface area contributed by atoms with Crippen LogP contribution in [-0.4, -0.2) is 47.9 Å². The lowest BCUT2D eigenvalue weighted by atomic mass is 9.99. The van der Waals surface area contributed by atoms with Crippen LogP contribution in [0.15, 0.2) is 77.8 Å². The fourth-order valence-electron chi connectivity index (χ4n) is 3.85. The van der Waals surface area contributed by atoms with Crippen molar-refractivity contribution in [2.45, 2.75) is 6.54 Å². The van der Waals surface area contributed by atoms with Crippen molar-refractivity contribution in [3.8, 4) is 5.88 Å². The van der Waals surface area contributed by atoms with Gasteiger partial charge < -0.3 is 19.7 Å². The Morgan fingerprint density at radius 2 is 1.89 bits per heavy atom. The quantitative estimate of drug-likeness (QED) is 0.192. The van der Waals surface area contributed by atoms with Crippen molar-refractivity contribution in [1.29, 1.82) is 0 Å². The number of nitrogens with zero attached hydrogens (tertiary/aromatic N) is 2. The number of halogens is 1. The number of carbonyl (C=O) groups excluding carboxylic acids is 1. The second kappa shape index (κ2) is 10.6. The average molecular weight is 488 g/mol. The van der Waals surface area contributed by atoms with E-state index >= 15 is 0 Å². The van der Waals surface area contributed by atoms with Gasteiger partial charge >= 0.3 is 5.97 Å². The van der Waals surface area contributed by atoms with E-state index in [0.717, 1.165) is 28.7 Å². The summed E-state index contributed by atoms with van der Waals surface area (Å²) >= 11 is 6.17. The number of aromatic hydroxyl groups is 1. The van der Waals surface area contributed by atoms with E-state index < -0.39 is 5.97 Å². The van der Waals surface area contributed by atoms with Crippen LogP contribution in [0.4, 0.5) is 5.69 Å². The number of fused-ring (bicyclic) bond motifs is 1. The molecule has 0 unspecified atom stereocenters. The highest BCUT2D eigenvalue weighted by Gasteiger charge is 2.19. The highest BCUT2D eigenvalue weighted by Crippen LogP contribution is 2.33. The van der Waals surface area contributed by atoms with Crippen LogP contribution in [0.1, 0.15) is 22.3 Å². The third-order valence-electron chi connectivity index (χ3n) is 5.43. The third-order valence-corrected chi connectivity index (χ3v) is 5.66. The van der Waals surface area contributed by atoms with Crippen LogP contribution in [0.5, 0.6) is 5.88 Å². The van der Waals surface area contributed by atoms with Gasteiger partial charge in [-0.15, -0.1) is 0 Å². The standard InChI is InChI=1S/C28H26ClN3O3/c1-32(2)17-19-7-11-22(12-8-19)30-27(20-6-4-5-18(15-20)9-14-25(33)35-3)26-23-13-10-21(29)16-24(23)31-28(26)34/h4-16,31,34H,17H2,1-3H3. The minimum atomic E-state index is -0.437. The summed E-state index contributed by atoms with van der Waals surface area (Å²) in [4.78, 5) is 21.6. The topological polar surface area (TPSA) is 77.9 Å². The van der Waals surface area contributed by atoms with Gasteiger partial charge in [-0.05, 0) is 61.6 Å². The Labute approximate surface area is 209 Å². The summed E-state index contributed by atoms with van der Waals surface area (Å²) in [6.45, 7) is 0.829. The van der Waals surface area contributed by atoms with Gasteiger partial charge in [0.2, 0.25) is 0 Å². The van der Waals surface area contributed by atoms with E-state index in [1.54, 1.807) is 18.2 Å². The molecule has 0 aliphatic rings. The summed E-state index contributed by atoms with van der Waals surface area (Å²) in [5.74, 6) is -0.436. The number of hydrogen-bond donors (Lipinski definition) is 2. The number of benzene rings is 3. The molecule has 0 atom stereocenters. The molecule has 7 heteroatoms. The van der Waals surface area contributed by atoms with Crippen molar-refractivity contribution in [2.75, 3.05) is 21.2 Å². The van der Waals surface area contributed by atoms with Gasteiger partial charge in [0.25, 0.3) is 0 Å². The first-order chi connectivity index (χ1) is 16.8. The molecule has 35 heavy (non-hydrogen) atoms. The number of H-pyrrole nitrogens is 1. The summed E-state index contributed by atoms with van der Waals surface area (Å²) in [6.07, 6.45) is 3.04. The zero-order valence-electron chi connectivity index (χ0n) is 19.7. The van der Waals surface area contributed by atoms with Crippen LogP contribution in [0.3, 0.4) is 0 Å². The fraction of sp³-hybridized carbons (Fsp3) is 0.143. The van der Waals surface area contributed by atoms with E-state index in [9.17, 15) is 9.90 Å². The van der Waals surface area contributed by atoms with E-state index in [-0.39, 0.29) is 5.88 Å². The third kappa shape index (κ3) is 5.80. The molecule has 2 N–H and O–H groups in total. The molecule has 6 nitrogen and oxygen atoms in total. The predicted octanol–water partition coefficient (Wildman–Crippen LogP) is 5.94. The second-order valence-corrected chi connectivity index (χ2v) is 8.82. The van der Waals surface area contributed by atoms with Crippen molar-refractivity contribution < 1.29 is 14.6 Å². The summed E-state index contributed by atoms with van der Waals surface area (Å²) in [5, 5.41) is 12.3. The summed E-state index contributed by atoms with van der Waals surface area (Å²) in [7, 11) is 5.39. The molecule has 0 amide bonds. The maximum atomic E-state index is 11.6. The number of methoxy groups -OCH3 is 1. The van der Waals surface area contributed by atoms with E-state index in [4.69, 9.17) is 21.3 Å². The SMILES string of the molecule is COC(=O)C=Cc1cccc(C(=Nc2ccc(CN(C)C)cc2)c2c(O)[nH]c3cc(Cl)ccc23)c1. The smallest absolute Gasteiger partial charge is 0.330 e. The zero-order valence-corrected chi connectivity index (χ0v) is 20.5. The van der Waals surface area contributed by atoms with Crippen LogP contribution in [-0.2, 0) is 16.1 Å². The van der Waals surface area contributed by atoms with E-state index in [1.165, 1.54) is 18.7 Å². The summed E-state index contributed by atoms with van der Waals surface area (Å²) in [5.41, 5.74) is 5.37. The average Bonchev–Trinajstić information content (AvgIpc) is 3.16. The lowest BCUT2D eigenvalue weighted by Crippen LogP contribution is -2.10. The van der Waals surface area contributed by atoms with Crippen molar-refractivity contribution in [3.63, 3.8) is 0 Å². The molecule has 0 radical (unpaired) electrons. The largest absolute Gasteiger partial charge is 0.494 e. The highest BCUT2D eigenvalue weighted by molar-refractivity contribution is 6.31. The monoisotopic (exact) mass is 487 g/mol. The van der Waals surface area contributed by atoms with Crippen LogP contribution in [0.2, 0.25) is 5.02 Å². The van der Waals surface area contributed by atoms with Crippen molar-refractivity contribution in [1.82, 2.24) is 9.88 Å². The molecule has 0 saturated carbocycles. The Kier molecular flexibility index (Phi) is 7.34. The Balaban J connectivity index is 1.86. The van der Waals surface area contributed by atoms with Gasteiger partial charge in [0, 0.05) is 28.6 Å². The molecular formula is C28H26ClN3O3. The van der Waals surface area contributed by atoms with Crippen LogP contribution >= 0.6 is 11.6 Å². The first-order valence-corrected chi connectivity index (χ1v) is 11.4. The summed E-state index contributed by atoms with van der Waals surface area (Å²) in [6, 6.07) is 21.0. The molecule has 0 bridgehead atoms. The number of ether oxygens (including phenoxy) is 1. The molecule has 0 aliphatic carbocycles. The first-order valence-electron chi connectivity index (χ1n) is 11.0. The lowest BCUT2D eigenvalue weighted by molar-refractivity contribution is -0.134. The van der Waals surface area contributed by atoms with Crippen LogP contribution in [0, 0.1) is 0 Å². The van der Waals surface area contributed by atoms with Gasteiger partial charge in [-0.1, -0.05) is 48.0 Å². The number of carbonyl (C=O) groups is 1. The molecule has 0 saturated heterocycles. The summed E-state index contributed by atoms with van der Waals surface area (Å²) < 4.78 is 4.69. The van der Waals surface area contributed by atoms with Gasteiger partial charge in [-0.2, -0.15) is 0 Å². The number of esters is 1. The molecule has 3 aromatic carbocycles. The Morgan fingerprint density at radius 3 is 2.60 bits per heavy atom. The van der Waals surface area contributed by atoms with Gasteiger partial charge in [-0.3, -0.25) is 0 Å². The number of rotatable bonds is 7. The van der Waals surface area contributed by atoms with Crippen LogP contribution < -0.4 is 0 Å². The van der Waals surface area contributed by atoms with E-state index in [1.807, 2.05) is 68.7 Å². The number of aromatic nitrogens is 1. The number of aromatic amines is 1. The van der Waals surface area contributed by atoms with Crippen molar-refractivity contribution in [3.05, 3.63) is 100 Å². The minimum Gasteiger partial charge on any atom is -0.494 e. The first kappa shape index (κ1) is 24.3. The number of nitrogens with one attached hydrogen (secondary N) is 1. The van der Waals surface area contributed by atoms with Crippen LogP contribution in [0.25, 0.3) is 17.0 Å². The maximum Gasteiger partial charge on any atom is 0.330 e. The minimum absolute atomic E-state index is 0.000695. The number of aliphatic imine (C=N–C) groups is 1. The molecule has 1 aromatic heterocycles. The number of hydrogen-bond acceptors (Lipinski definition) is 5. The Morgan fingerprint density at radius 1 is 1.11 bits per heavy atom. The van der Waals surface area contributed by atoms with Gasteiger partial charge in [0.15, 0.2) is 5.88 Å². The normalized spacial score (nSPS) is 12.1. The zero-order chi connectivity index (χ0) is 24.9. The molecule has 178 valence electrons. The molecule has 4 aromatic rings. The van der Waals surface area contributed by atoms with Gasteiger partial charge in [0.05, 0.1) is 29.6 Å². The molecule has 4 rings (SSSR count). The van der Waals surface area contributed by atoms with Gasteiger partial charge in [0.1, 0.15) is 0 Å². The predicted molar refractivity (Wildman–Crippen MR) is 142 cm³/mol. The maximum absolute atomic E-state index is 11.6. The Hall–Kier alpha value is -3.87.